The molecule has 6 nitrogen and oxygen atoms in total. The third-order valence-electron chi connectivity index (χ3n) is 3.98. The molecule has 1 atom stereocenters. The molecular formula is C15H18N4O2. The number of hydrogen-bond acceptors (Lipinski definition) is 5. The van der Waals surface area contributed by atoms with Crippen molar-refractivity contribution < 1.29 is 4.92 Å². The molecule has 0 aliphatic heterocycles. The minimum atomic E-state index is -0.391. The highest BCUT2D eigenvalue weighted by atomic mass is 16.6. The van der Waals surface area contributed by atoms with E-state index < -0.39 is 4.92 Å². The van der Waals surface area contributed by atoms with Crippen molar-refractivity contribution in [2.75, 3.05) is 5.32 Å². The highest BCUT2D eigenvalue weighted by molar-refractivity contribution is 5.90. The lowest BCUT2D eigenvalue weighted by Gasteiger charge is -2.18. The smallest absolute Gasteiger partial charge is 0.270 e. The van der Waals surface area contributed by atoms with Gasteiger partial charge in [0.05, 0.1) is 10.4 Å². The lowest BCUT2D eigenvalue weighted by Crippen LogP contribution is -2.20. The summed E-state index contributed by atoms with van der Waals surface area (Å²) in [5.74, 6) is 1.51. The van der Waals surface area contributed by atoms with E-state index in [1.165, 1.54) is 25.2 Å². The second kappa shape index (κ2) is 5.63. The molecule has 2 aromatic rings. The van der Waals surface area contributed by atoms with Crippen LogP contribution in [0.3, 0.4) is 0 Å². The Hall–Kier alpha value is -2.24. The molecule has 21 heavy (non-hydrogen) atoms. The van der Waals surface area contributed by atoms with Gasteiger partial charge >= 0.3 is 0 Å². The van der Waals surface area contributed by atoms with E-state index in [1.54, 1.807) is 12.1 Å². The van der Waals surface area contributed by atoms with E-state index >= 15 is 0 Å². The zero-order valence-electron chi connectivity index (χ0n) is 12.0. The van der Waals surface area contributed by atoms with Crippen LogP contribution in [0, 0.1) is 16.0 Å². The zero-order valence-corrected chi connectivity index (χ0v) is 12.0. The highest BCUT2D eigenvalue weighted by Crippen LogP contribution is 2.35. The van der Waals surface area contributed by atoms with Gasteiger partial charge in [-0.05, 0) is 24.8 Å². The minimum Gasteiger partial charge on any atom is -0.367 e. The van der Waals surface area contributed by atoms with E-state index in [0.717, 1.165) is 24.3 Å². The van der Waals surface area contributed by atoms with Crippen LogP contribution in [0.15, 0.2) is 24.5 Å². The molecule has 1 fully saturated rings. The Morgan fingerprint density at radius 3 is 2.90 bits per heavy atom. The molecule has 6 heteroatoms. The molecule has 0 bridgehead atoms. The summed E-state index contributed by atoms with van der Waals surface area (Å²) in [6.07, 6.45) is 6.27. The Morgan fingerprint density at radius 1 is 1.43 bits per heavy atom. The van der Waals surface area contributed by atoms with Crippen molar-refractivity contribution in [2.24, 2.45) is 5.92 Å². The molecule has 1 heterocycles. The average molecular weight is 286 g/mol. The van der Waals surface area contributed by atoms with Gasteiger partial charge in [0, 0.05) is 23.6 Å². The van der Waals surface area contributed by atoms with E-state index in [4.69, 9.17) is 0 Å². The third kappa shape index (κ3) is 3.09. The van der Waals surface area contributed by atoms with Crippen LogP contribution < -0.4 is 5.32 Å². The largest absolute Gasteiger partial charge is 0.367 e. The Kier molecular flexibility index (Phi) is 3.68. The lowest BCUT2D eigenvalue weighted by molar-refractivity contribution is -0.384. The first kappa shape index (κ1) is 13.7. The fourth-order valence-electron chi connectivity index (χ4n) is 2.55. The molecule has 1 N–H and O–H groups in total. The molecule has 1 unspecified atom stereocenters. The molecule has 1 saturated carbocycles. The maximum atomic E-state index is 10.9. The zero-order chi connectivity index (χ0) is 14.8. The number of nitrogens with one attached hydrogen (secondary N) is 1. The van der Waals surface area contributed by atoms with Crippen molar-refractivity contribution in [1.82, 2.24) is 9.97 Å². The summed E-state index contributed by atoms with van der Waals surface area (Å²) in [4.78, 5) is 19.0. The van der Waals surface area contributed by atoms with Crippen LogP contribution in [0.4, 0.5) is 11.5 Å². The maximum absolute atomic E-state index is 10.9. The second-order valence-corrected chi connectivity index (χ2v) is 5.61. The first-order valence-electron chi connectivity index (χ1n) is 7.33. The Balaban J connectivity index is 1.92. The van der Waals surface area contributed by atoms with Gasteiger partial charge in [-0.25, -0.2) is 9.97 Å². The van der Waals surface area contributed by atoms with Crippen LogP contribution in [0.1, 0.15) is 32.6 Å². The molecule has 1 aliphatic rings. The van der Waals surface area contributed by atoms with Crippen LogP contribution in [0.5, 0.6) is 0 Å². The minimum absolute atomic E-state index is 0.0654. The van der Waals surface area contributed by atoms with E-state index in [1.807, 2.05) is 0 Å². The first-order chi connectivity index (χ1) is 10.2. The van der Waals surface area contributed by atoms with Gasteiger partial charge in [0.1, 0.15) is 12.1 Å². The number of nitro benzene ring substituents is 1. The summed E-state index contributed by atoms with van der Waals surface area (Å²) < 4.78 is 0. The van der Waals surface area contributed by atoms with E-state index in [-0.39, 0.29) is 5.69 Å². The number of benzene rings is 1. The summed E-state index contributed by atoms with van der Waals surface area (Å²) in [5, 5.41) is 15.1. The number of anilines is 1. The number of non-ortho nitro benzene ring substituents is 1. The molecule has 3 rings (SSSR count). The van der Waals surface area contributed by atoms with Gasteiger partial charge < -0.3 is 5.32 Å². The summed E-state index contributed by atoms with van der Waals surface area (Å²) >= 11 is 0. The highest BCUT2D eigenvalue weighted by Gasteiger charge is 2.25. The average Bonchev–Trinajstić information content (AvgIpc) is 3.30. The van der Waals surface area contributed by atoms with Crippen molar-refractivity contribution >= 4 is 22.4 Å². The molecule has 0 amide bonds. The third-order valence-corrected chi connectivity index (χ3v) is 3.98. The maximum Gasteiger partial charge on any atom is 0.270 e. The SMILES string of the molecule is CCC(CC1CC1)Nc1ncnc2ccc([N+](=O)[O-])cc12. The molecular weight excluding hydrogens is 268 g/mol. The second-order valence-electron chi connectivity index (χ2n) is 5.61. The summed E-state index contributed by atoms with van der Waals surface area (Å²) in [6.45, 7) is 2.14. The van der Waals surface area contributed by atoms with E-state index in [2.05, 4.69) is 22.2 Å². The fourth-order valence-corrected chi connectivity index (χ4v) is 2.55. The van der Waals surface area contributed by atoms with Gasteiger partial charge in [-0.15, -0.1) is 0 Å². The summed E-state index contributed by atoms with van der Waals surface area (Å²) in [6, 6.07) is 5.04. The predicted molar refractivity (Wildman–Crippen MR) is 81.2 cm³/mol. The topological polar surface area (TPSA) is 81.0 Å². The van der Waals surface area contributed by atoms with Crippen molar-refractivity contribution in [3.8, 4) is 0 Å². The van der Waals surface area contributed by atoms with Crippen LogP contribution in [-0.2, 0) is 0 Å². The van der Waals surface area contributed by atoms with Crippen molar-refractivity contribution in [3.05, 3.63) is 34.6 Å². The first-order valence-corrected chi connectivity index (χ1v) is 7.33. The fraction of sp³-hybridized carbons (Fsp3) is 0.467. The molecule has 1 aliphatic carbocycles. The van der Waals surface area contributed by atoms with Gasteiger partial charge in [-0.2, -0.15) is 0 Å². The molecule has 0 radical (unpaired) electrons. The number of aromatic nitrogens is 2. The van der Waals surface area contributed by atoms with Gasteiger partial charge in [0.25, 0.3) is 5.69 Å². The van der Waals surface area contributed by atoms with Crippen molar-refractivity contribution in [2.45, 2.75) is 38.6 Å². The van der Waals surface area contributed by atoms with Crippen LogP contribution in [0.2, 0.25) is 0 Å². The summed E-state index contributed by atoms with van der Waals surface area (Å²) in [7, 11) is 0. The Labute approximate surface area is 122 Å². The van der Waals surface area contributed by atoms with E-state index in [9.17, 15) is 10.1 Å². The van der Waals surface area contributed by atoms with Crippen molar-refractivity contribution in [3.63, 3.8) is 0 Å². The Bertz CT molecular complexity index is 670. The van der Waals surface area contributed by atoms with Gasteiger partial charge in [0.2, 0.25) is 0 Å². The van der Waals surface area contributed by atoms with Crippen molar-refractivity contribution in [1.29, 1.82) is 0 Å². The quantitative estimate of drug-likeness (QED) is 0.649. The molecule has 1 aromatic carbocycles. The lowest BCUT2D eigenvalue weighted by atomic mass is 10.1. The predicted octanol–water partition coefficient (Wildman–Crippen LogP) is 3.53. The molecule has 110 valence electrons. The Morgan fingerprint density at radius 2 is 2.24 bits per heavy atom. The standard InChI is InChI=1S/C15H18N4O2/c1-2-11(7-10-3-4-10)18-15-13-8-12(19(20)21)5-6-14(13)16-9-17-15/h5-6,8-11H,2-4,7H2,1H3,(H,16,17,18). The van der Waals surface area contributed by atoms with Crippen LogP contribution >= 0.6 is 0 Å². The van der Waals surface area contributed by atoms with Crippen LogP contribution in [-0.4, -0.2) is 20.9 Å². The molecule has 0 saturated heterocycles. The van der Waals surface area contributed by atoms with E-state index in [0.29, 0.717) is 17.2 Å². The molecule has 0 spiro atoms. The van der Waals surface area contributed by atoms with Crippen LogP contribution in [0.25, 0.3) is 10.9 Å². The number of hydrogen-bond donors (Lipinski definition) is 1. The number of nitrogens with zero attached hydrogens (tertiary/aromatic N) is 3. The van der Waals surface area contributed by atoms with Gasteiger partial charge in [0.15, 0.2) is 0 Å². The number of nitro groups is 1. The summed E-state index contributed by atoms with van der Waals surface area (Å²) in [5.41, 5.74) is 0.787. The monoisotopic (exact) mass is 286 g/mol. The van der Waals surface area contributed by atoms with Gasteiger partial charge in [-0.3, -0.25) is 10.1 Å². The molecule has 1 aromatic heterocycles. The normalized spacial score (nSPS) is 15.9. The number of fused-ring (bicyclic) bond motifs is 1. The number of rotatable bonds is 6. The van der Waals surface area contributed by atoms with Gasteiger partial charge in [-0.1, -0.05) is 19.8 Å².